The predicted molar refractivity (Wildman–Crippen MR) is 106 cm³/mol. The summed E-state index contributed by atoms with van der Waals surface area (Å²) in [4.78, 5) is 9.25. The Morgan fingerprint density at radius 1 is 0.963 bits per heavy atom. The van der Waals surface area contributed by atoms with E-state index in [9.17, 15) is 4.39 Å². The standard InChI is InChI=1S/C19H14Cl2FN5/c1-10-7-11(2)27(26-10)19-18(23-15-6-4-3-5-14(15)22)24-16-8-12(20)13(21)9-17(16)25-19/h3-9H,1-2H3,(H,23,24). The highest BCUT2D eigenvalue weighted by Gasteiger charge is 2.16. The van der Waals surface area contributed by atoms with E-state index >= 15 is 0 Å². The summed E-state index contributed by atoms with van der Waals surface area (Å²) in [6.45, 7) is 3.80. The summed E-state index contributed by atoms with van der Waals surface area (Å²) in [6.07, 6.45) is 0. The Morgan fingerprint density at radius 3 is 2.26 bits per heavy atom. The van der Waals surface area contributed by atoms with Gasteiger partial charge in [-0.05, 0) is 44.2 Å². The van der Waals surface area contributed by atoms with Gasteiger partial charge in [-0.15, -0.1) is 0 Å². The van der Waals surface area contributed by atoms with Gasteiger partial charge < -0.3 is 5.32 Å². The molecule has 0 saturated carbocycles. The Hall–Kier alpha value is -2.70. The first-order valence-corrected chi connectivity index (χ1v) is 8.90. The lowest BCUT2D eigenvalue weighted by molar-refractivity contribution is 0.631. The third-order valence-electron chi connectivity index (χ3n) is 4.03. The minimum absolute atomic E-state index is 0.286. The van der Waals surface area contributed by atoms with Crippen LogP contribution in [0.15, 0.2) is 42.5 Å². The van der Waals surface area contributed by atoms with E-state index in [1.54, 1.807) is 35.0 Å². The molecule has 0 aliphatic carbocycles. The van der Waals surface area contributed by atoms with Gasteiger partial charge >= 0.3 is 0 Å². The summed E-state index contributed by atoms with van der Waals surface area (Å²) in [6, 6.07) is 11.6. The van der Waals surface area contributed by atoms with Crippen LogP contribution in [-0.4, -0.2) is 19.7 Å². The van der Waals surface area contributed by atoms with Gasteiger partial charge in [0, 0.05) is 5.69 Å². The van der Waals surface area contributed by atoms with Crippen molar-refractivity contribution in [2.45, 2.75) is 13.8 Å². The van der Waals surface area contributed by atoms with Crippen LogP contribution in [0.3, 0.4) is 0 Å². The molecule has 0 saturated heterocycles. The molecule has 0 spiro atoms. The molecular weight excluding hydrogens is 388 g/mol. The first-order valence-electron chi connectivity index (χ1n) is 8.14. The molecule has 0 atom stereocenters. The number of hydrogen-bond donors (Lipinski definition) is 1. The van der Waals surface area contributed by atoms with Gasteiger partial charge in [0.2, 0.25) is 0 Å². The number of aromatic nitrogens is 4. The minimum atomic E-state index is -0.396. The van der Waals surface area contributed by atoms with Gasteiger partial charge in [-0.1, -0.05) is 35.3 Å². The van der Waals surface area contributed by atoms with Crippen LogP contribution in [0.5, 0.6) is 0 Å². The molecule has 2 aromatic heterocycles. The molecule has 8 heteroatoms. The van der Waals surface area contributed by atoms with E-state index in [4.69, 9.17) is 23.2 Å². The van der Waals surface area contributed by atoms with E-state index in [2.05, 4.69) is 20.4 Å². The van der Waals surface area contributed by atoms with Crippen LogP contribution in [0.25, 0.3) is 16.9 Å². The maximum absolute atomic E-state index is 14.2. The van der Waals surface area contributed by atoms with Crippen molar-refractivity contribution in [3.63, 3.8) is 0 Å². The van der Waals surface area contributed by atoms with Gasteiger partial charge in [0.15, 0.2) is 11.6 Å². The molecule has 4 rings (SSSR count). The molecule has 0 unspecified atom stereocenters. The van der Waals surface area contributed by atoms with E-state index in [1.165, 1.54) is 6.07 Å². The quantitative estimate of drug-likeness (QED) is 0.483. The second-order valence-electron chi connectivity index (χ2n) is 6.09. The van der Waals surface area contributed by atoms with Gasteiger partial charge in [0.25, 0.3) is 0 Å². The van der Waals surface area contributed by atoms with Crippen molar-refractivity contribution >= 4 is 45.7 Å². The average Bonchev–Trinajstić information content (AvgIpc) is 2.96. The Labute approximate surface area is 164 Å². The van der Waals surface area contributed by atoms with Crippen LogP contribution in [0.4, 0.5) is 15.9 Å². The van der Waals surface area contributed by atoms with Crippen molar-refractivity contribution in [1.82, 2.24) is 19.7 Å². The zero-order valence-corrected chi connectivity index (χ0v) is 16.0. The first-order chi connectivity index (χ1) is 12.9. The van der Waals surface area contributed by atoms with Crippen molar-refractivity contribution in [2.75, 3.05) is 5.32 Å². The molecular formula is C19H14Cl2FN5. The Kier molecular flexibility index (Phi) is 4.45. The lowest BCUT2D eigenvalue weighted by atomic mass is 10.3. The molecule has 2 heterocycles. The van der Waals surface area contributed by atoms with Crippen LogP contribution in [0, 0.1) is 19.7 Å². The van der Waals surface area contributed by atoms with Gasteiger partial charge in [-0.25, -0.2) is 19.0 Å². The lowest BCUT2D eigenvalue weighted by Gasteiger charge is -2.14. The molecule has 2 aromatic carbocycles. The minimum Gasteiger partial charge on any atom is -0.335 e. The third kappa shape index (κ3) is 3.34. The van der Waals surface area contributed by atoms with Gasteiger partial charge in [0.1, 0.15) is 5.82 Å². The van der Waals surface area contributed by atoms with Crippen molar-refractivity contribution in [3.8, 4) is 5.82 Å². The monoisotopic (exact) mass is 401 g/mol. The average molecular weight is 402 g/mol. The Morgan fingerprint density at radius 2 is 1.63 bits per heavy atom. The highest BCUT2D eigenvalue weighted by Crippen LogP contribution is 2.30. The number of halogens is 3. The van der Waals surface area contributed by atoms with Crippen molar-refractivity contribution in [3.05, 3.63) is 69.7 Å². The summed E-state index contributed by atoms with van der Waals surface area (Å²) < 4.78 is 15.8. The number of rotatable bonds is 3. The predicted octanol–water partition coefficient (Wildman–Crippen LogP) is 5.62. The van der Waals surface area contributed by atoms with E-state index < -0.39 is 5.82 Å². The maximum Gasteiger partial charge on any atom is 0.197 e. The molecule has 0 bridgehead atoms. The highest BCUT2D eigenvalue weighted by molar-refractivity contribution is 6.42. The van der Waals surface area contributed by atoms with Crippen molar-refractivity contribution in [2.24, 2.45) is 0 Å². The van der Waals surface area contributed by atoms with Crippen LogP contribution in [-0.2, 0) is 0 Å². The first kappa shape index (κ1) is 17.7. The Bertz CT molecular complexity index is 1170. The fourth-order valence-electron chi connectivity index (χ4n) is 2.81. The summed E-state index contributed by atoms with van der Waals surface area (Å²) in [7, 11) is 0. The maximum atomic E-state index is 14.2. The molecule has 136 valence electrons. The number of para-hydroxylation sites is 1. The van der Waals surface area contributed by atoms with Crippen molar-refractivity contribution < 1.29 is 4.39 Å². The second kappa shape index (κ2) is 6.79. The Balaban J connectivity index is 1.96. The molecule has 0 amide bonds. The SMILES string of the molecule is Cc1cc(C)n(-c2nc3cc(Cl)c(Cl)cc3nc2Nc2ccccc2F)n1. The van der Waals surface area contributed by atoms with Crippen LogP contribution in [0.1, 0.15) is 11.4 Å². The molecule has 0 radical (unpaired) electrons. The number of benzene rings is 2. The molecule has 1 N–H and O–H groups in total. The van der Waals surface area contributed by atoms with E-state index in [1.807, 2.05) is 19.9 Å². The highest BCUT2D eigenvalue weighted by atomic mass is 35.5. The second-order valence-corrected chi connectivity index (χ2v) is 6.91. The topological polar surface area (TPSA) is 55.6 Å². The fraction of sp³-hybridized carbons (Fsp3) is 0.105. The van der Waals surface area contributed by atoms with Crippen LogP contribution >= 0.6 is 23.2 Å². The molecule has 5 nitrogen and oxygen atoms in total. The molecule has 0 aliphatic heterocycles. The van der Waals surface area contributed by atoms with Gasteiger partial charge in [-0.2, -0.15) is 5.10 Å². The largest absolute Gasteiger partial charge is 0.335 e. The number of aryl methyl sites for hydroxylation is 2. The summed E-state index contributed by atoms with van der Waals surface area (Å²) in [5, 5.41) is 8.24. The zero-order chi connectivity index (χ0) is 19.1. The summed E-state index contributed by atoms with van der Waals surface area (Å²) in [5.41, 5.74) is 3.09. The molecule has 0 aliphatic rings. The molecule has 27 heavy (non-hydrogen) atoms. The summed E-state index contributed by atoms with van der Waals surface area (Å²) in [5.74, 6) is 0.403. The summed E-state index contributed by atoms with van der Waals surface area (Å²) >= 11 is 12.2. The number of anilines is 2. The van der Waals surface area contributed by atoms with Gasteiger partial charge in [-0.3, -0.25) is 0 Å². The number of hydrogen-bond acceptors (Lipinski definition) is 4. The van der Waals surface area contributed by atoms with E-state index in [0.717, 1.165) is 11.4 Å². The van der Waals surface area contributed by atoms with Crippen LogP contribution < -0.4 is 5.32 Å². The van der Waals surface area contributed by atoms with Crippen molar-refractivity contribution in [1.29, 1.82) is 0 Å². The normalized spacial score (nSPS) is 11.1. The van der Waals surface area contributed by atoms with Crippen LogP contribution in [0.2, 0.25) is 10.0 Å². The smallest absolute Gasteiger partial charge is 0.197 e. The van der Waals surface area contributed by atoms with Gasteiger partial charge in [0.05, 0.1) is 32.5 Å². The third-order valence-corrected chi connectivity index (χ3v) is 4.75. The molecule has 4 aromatic rings. The zero-order valence-electron chi connectivity index (χ0n) is 14.5. The number of nitrogens with zero attached hydrogens (tertiary/aromatic N) is 4. The van der Waals surface area contributed by atoms with E-state index in [0.29, 0.717) is 32.7 Å². The number of fused-ring (bicyclic) bond motifs is 1. The molecule has 0 fully saturated rings. The number of nitrogens with one attached hydrogen (secondary N) is 1. The van der Waals surface area contributed by atoms with E-state index in [-0.39, 0.29) is 5.69 Å². The lowest BCUT2D eigenvalue weighted by Crippen LogP contribution is -2.09. The fourth-order valence-corrected chi connectivity index (χ4v) is 3.12.